The first-order chi connectivity index (χ1) is 6.05. The van der Waals surface area contributed by atoms with Crippen LogP contribution in [-0.4, -0.2) is 15.9 Å². The van der Waals surface area contributed by atoms with Crippen molar-refractivity contribution >= 4 is 21.1 Å². The first-order valence-corrected chi connectivity index (χ1v) is 11.2. The highest BCUT2D eigenvalue weighted by Gasteiger charge is 2.11. The van der Waals surface area contributed by atoms with Gasteiger partial charge in [-0.05, 0) is 0 Å². The molecule has 0 spiro atoms. The van der Waals surface area contributed by atoms with Gasteiger partial charge in [0.05, 0.1) is 0 Å². The van der Waals surface area contributed by atoms with Gasteiger partial charge in [-0.15, -0.1) is 0 Å². The smallest absolute Gasteiger partial charge is 0.0625 e. The maximum atomic E-state index is 2.50. The zero-order valence-corrected chi connectivity index (χ0v) is 11.1. The Kier molecular flexibility index (Phi) is 3.50. The molecule has 0 saturated carbocycles. The van der Waals surface area contributed by atoms with E-state index >= 15 is 0 Å². The fourth-order valence-electron chi connectivity index (χ4n) is 1.81. The van der Waals surface area contributed by atoms with E-state index < -0.39 is 7.59 Å². The van der Waals surface area contributed by atoms with Crippen LogP contribution in [0.25, 0.3) is 0 Å². The number of hydrogen-bond donors (Lipinski definition) is 0. The lowest BCUT2D eigenvalue weighted by atomic mass is 10.4. The molecule has 13 heavy (non-hydrogen) atoms. The highest BCUT2D eigenvalue weighted by Crippen LogP contribution is 2.10. The predicted octanol–water partition coefficient (Wildman–Crippen LogP) is 2.82. The maximum absolute atomic E-state index is 2.50. The number of hydrogen-bond acceptors (Lipinski definition) is 0. The van der Waals surface area contributed by atoms with E-state index in [1.165, 1.54) is 6.04 Å². The first-order valence-electron chi connectivity index (χ1n) is 4.97. The Morgan fingerprint density at radius 3 is 2.00 bits per heavy atom. The van der Waals surface area contributed by atoms with Crippen LogP contribution in [0.1, 0.15) is 6.92 Å². The second-order valence-corrected chi connectivity index (χ2v) is 17.5. The van der Waals surface area contributed by atoms with Crippen molar-refractivity contribution in [1.82, 2.24) is 0 Å². The van der Waals surface area contributed by atoms with Gasteiger partial charge in [-0.1, -0.05) is 64.5 Å². The molecule has 0 atom stereocenters. The molecule has 1 aromatic carbocycles. The maximum Gasteiger partial charge on any atom is -0.0625 e. The van der Waals surface area contributed by atoms with Gasteiger partial charge < -0.3 is 0 Å². The van der Waals surface area contributed by atoms with Crippen molar-refractivity contribution in [1.29, 1.82) is 0 Å². The SMILES string of the molecule is CC[Si-](c1ccccc1)[Si](C)(C)C. The summed E-state index contributed by atoms with van der Waals surface area (Å²) >= 11 is 0. The van der Waals surface area contributed by atoms with E-state index in [4.69, 9.17) is 0 Å². The van der Waals surface area contributed by atoms with E-state index in [9.17, 15) is 0 Å². The minimum absolute atomic E-state index is 0.238. The highest BCUT2D eigenvalue weighted by molar-refractivity contribution is 7.36. The Morgan fingerprint density at radius 2 is 1.62 bits per heavy atom. The molecule has 0 radical (unpaired) electrons. The van der Waals surface area contributed by atoms with Crippen LogP contribution in [0, 0.1) is 0 Å². The molecule has 2 heteroatoms. The molecule has 72 valence electrons. The van der Waals surface area contributed by atoms with Crippen molar-refractivity contribution in [3.05, 3.63) is 30.3 Å². The van der Waals surface area contributed by atoms with Crippen LogP contribution in [0.4, 0.5) is 0 Å². The molecule has 0 aromatic heterocycles. The Labute approximate surface area is 84.4 Å². The molecule has 0 aliphatic heterocycles. The van der Waals surface area contributed by atoms with Crippen molar-refractivity contribution < 1.29 is 0 Å². The summed E-state index contributed by atoms with van der Waals surface area (Å²) in [5, 5.41) is 1.63. The fourth-order valence-corrected chi connectivity index (χ4v) is 11.0. The summed E-state index contributed by atoms with van der Waals surface area (Å²) in [5.74, 6) is 0. The van der Waals surface area contributed by atoms with Gasteiger partial charge in [0.2, 0.25) is 0 Å². The molecule has 0 unspecified atom stereocenters. The summed E-state index contributed by atoms with van der Waals surface area (Å²) < 4.78 is 0. The van der Waals surface area contributed by atoms with Gasteiger partial charge in [-0.25, -0.2) is 5.19 Å². The van der Waals surface area contributed by atoms with Crippen molar-refractivity contribution in [2.24, 2.45) is 0 Å². The number of rotatable bonds is 3. The molecule has 0 aliphatic rings. The van der Waals surface area contributed by atoms with E-state index in [1.54, 1.807) is 5.19 Å². The molecule has 0 N–H and O–H groups in total. The average Bonchev–Trinajstić information content (AvgIpc) is 2.05. The molecular weight excluding hydrogens is 188 g/mol. The van der Waals surface area contributed by atoms with Crippen LogP contribution in [0.2, 0.25) is 25.7 Å². The zero-order chi connectivity index (χ0) is 9.90. The van der Waals surface area contributed by atoms with Crippen LogP contribution in [0.3, 0.4) is 0 Å². The van der Waals surface area contributed by atoms with Crippen molar-refractivity contribution in [2.75, 3.05) is 0 Å². The van der Waals surface area contributed by atoms with Gasteiger partial charge in [0.25, 0.3) is 0 Å². The largest absolute Gasteiger partial charge is 0.283 e. The normalized spacial score (nSPS) is 11.4. The van der Waals surface area contributed by atoms with E-state index in [1.807, 2.05) is 0 Å². The van der Waals surface area contributed by atoms with Crippen LogP contribution in [0.5, 0.6) is 0 Å². The standard InChI is InChI=1S/C11H19Si2/c1-5-12(13(2,3)4)11-9-7-6-8-10-11/h6-10H,5H2,1-4H3/q-1. The molecular formula is C11H19Si2-. The molecule has 1 rings (SSSR count). The minimum atomic E-state index is -0.926. The summed E-state index contributed by atoms with van der Waals surface area (Å²) in [7, 11) is -1.16. The van der Waals surface area contributed by atoms with Gasteiger partial charge in [-0.3, -0.25) is 8.31 Å². The van der Waals surface area contributed by atoms with Crippen LogP contribution in [-0.2, 0) is 0 Å². The summed E-state index contributed by atoms with van der Waals surface area (Å²) in [6.07, 6.45) is 0. The Morgan fingerprint density at radius 1 is 1.08 bits per heavy atom. The molecule has 1 aromatic rings. The monoisotopic (exact) mass is 207 g/mol. The second-order valence-electron chi connectivity index (χ2n) is 4.45. The van der Waals surface area contributed by atoms with E-state index in [2.05, 4.69) is 56.9 Å². The average molecular weight is 207 g/mol. The van der Waals surface area contributed by atoms with Crippen LogP contribution >= 0.6 is 0 Å². The molecule has 0 nitrogen and oxygen atoms in total. The zero-order valence-electron chi connectivity index (χ0n) is 9.09. The Balaban J connectivity index is 2.92. The molecule has 0 bridgehead atoms. The van der Waals surface area contributed by atoms with E-state index in [0.717, 1.165) is 0 Å². The van der Waals surface area contributed by atoms with Crippen molar-refractivity contribution in [3.63, 3.8) is 0 Å². The Hall–Kier alpha value is -0.346. The highest BCUT2D eigenvalue weighted by atomic mass is 29.2. The molecule has 0 saturated heterocycles. The summed E-state index contributed by atoms with van der Waals surface area (Å²) in [6.45, 7) is 9.84. The van der Waals surface area contributed by atoms with Crippen LogP contribution < -0.4 is 5.19 Å². The lowest BCUT2D eigenvalue weighted by Gasteiger charge is -2.43. The van der Waals surface area contributed by atoms with E-state index in [0.29, 0.717) is 0 Å². The van der Waals surface area contributed by atoms with Crippen molar-refractivity contribution in [3.8, 4) is 0 Å². The first kappa shape index (κ1) is 10.7. The topological polar surface area (TPSA) is 0 Å². The summed E-state index contributed by atoms with van der Waals surface area (Å²) in [6, 6.07) is 12.5. The summed E-state index contributed by atoms with van der Waals surface area (Å²) in [5.41, 5.74) is 0. The third-order valence-corrected chi connectivity index (χ3v) is 13.3. The van der Waals surface area contributed by atoms with Gasteiger partial charge >= 0.3 is 0 Å². The summed E-state index contributed by atoms with van der Waals surface area (Å²) in [4.78, 5) is 0. The van der Waals surface area contributed by atoms with Gasteiger partial charge in [-0.2, -0.15) is 6.04 Å². The minimum Gasteiger partial charge on any atom is -0.283 e. The van der Waals surface area contributed by atoms with Gasteiger partial charge in [0.15, 0.2) is 0 Å². The Bertz CT molecular complexity index is 249. The molecule has 0 aliphatic carbocycles. The fraction of sp³-hybridized carbons (Fsp3) is 0.455. The lowest BCUT2D eigenvalue weighted by molar-refractivity contribution is 1.44. The quantitative estimate of drug-likeness (QED) is 0.669. The van der Waals surface area contributed by atoms with Crippen molar-refractivity contribution in [2.45, 2.75) is 32.6 Å². The second kappa shape index (κ2) is 4.24. The third-order valence-electron chi connectivity index (χ3n) is 2.38. The molecule has 0 heterocycles. The van der Waals surface area contributed by atoms with Gasteiger partial charge in [0.1, 0.15) is 0 Å². The third kappa shape index (κ3) is 2.81. The van der Waals surface area contributed by atoms with Crippen LogP contribution in [0.15, 0.2) is 30.3 Å². The lowest BCUT2D eigenvalue weighted by Crippen LogP contribution is -2.50. The molecule has 0 fully saturated rings. The molecule has 0 amide bonds. The number of benzene rings is 1. The predicted molar refractivity (Wildman–Crippen MR) is 65.7 cm³/mol. The van der Waals surface area contributed by atoms with Gasteiger partial charge in [0, 0.05) is 0 Å². The van der Waals surface area contributed by atoms with E-state index in [-0.39, 0.29) is 8.31 Å².